The number of nitrogens with one attached hydrogen (secondary N) is 1. The summed E-state index contributed by atoms with van der Waals surface area (Å²) in [4.78, 5) is 34.5. The summed E-state index contributed by atoms with van der Waals surface area (Å²) in [5.74, 6) is 0.346. The van der Waals surface area contributed by atoms with E-state index in [1.165, 1.54) is 22.2 Å². The van der Waals surface area contributed by atoms with Crippen molar-refractivity contribution in [3.8, 4) is 0 Å². The van der Waals surface area contributed by atoms with Gasteiger partial charge in [0.15, 0.2) is 5.16 Å². The minimum Gasteiger partial charge on any atom is -0.462 e. The maximum atomic E-state index is 12.7. The minimum absolute atomic E-state index is 0.103. The number of aryl methyl sites for hydroxylation is 1. The predicted molar refractivity (Wildman–Crippen MR) is 109 cm³/mol. The van der Waals surface area contributed by atoms with Gasteiger partial charge in [-0.15, -0.1) is 11.3 Å². The summed E-state index contributed by atoms with van der Waals surface area (Å²) < 4.78 is 10.4. The van der Waals surface area contributed by atoms with Crippen molar-refractivity contribution in [3.63, 3.8) is 0 Å². The summed E-state index contributed by atoms with van der Waals surface area (Å²) in [5.41, 5.74) is 1.06. The van der Waals surface area contributed by atoms with E-state index in [9.17, 15) is 9.59 Å². The van der Waals surface area contributed by atoms with Crippen LogP contribution in [-0.4, -0.2) is 41.0 Å². The number of nitrogens with zero attached hydrogens (tertiary/aromatic N) is 1. The number of aromatic nitrogens is 2. The van der Waals surface area contributed by atoms with Gasteiger partial charge in [0.2, 0.25) is 0 Å². The van der Waals surface area contributed by atoms with Crippen LogP contribution in [0.1, 0.15) is 44.1 Å². The highest BCUT2D eigenvalue weighted by molar-refractivity contribution is 8.00. The molecule has 0 saturated carbocycles. The van der Waals surface area contributed by atoms with Gasteiger partial charge in [-0.2, -0.15) is 0 Å². The number of thiophene rings is 1. The Kier molecular flexibility index (Phi) is 6.94. The third-order valence-corrected chi connectivity index (χ3v) is 7.08. The molecule has 27 heavy (non-hydrogen) atoms. The molecule has 148 valence electrons. The van der Waals surface area contributed by atoms with Crippen molar-refractivity contribution in [1.29, 1.82) is 0 Å². The van der Waals surface area contributed by atoms with Gasteiger partial charge in [-0.25, -0.2) is 4.98 Å². The highest BCUT2D eigenvalue weighted by atomic mass is 32.2. The molecule has 2 heterocycles. The van der Waals surface area contributed by atoms with E-state index in [0.717, 1.165) is 29.5 Å². The van der Waals surface area contributed by atoms with Crippen LogP contribution in [-0.2, 0) is 27.1 Å². The molecule has 1 N–H and O–H groups in total. The molecule has 0 saturated heterocycles. The topological polar surface area (TPSA) is 81.3 Å². The average molecular weight is 411 g/mol. The van der Waals surface area contributed by atoms with Gasteiger partial charge in [-0.3, -0.25) is 9.59 Å². The Labute approximate surface area is 167 Å². The number of hydrogen-bond acceptors (Lipinski definition) is 7. The van der Waals surface area contributed by atoms with Gasteiger partial charge in [0, 0.05) is 11.5 Å². The van der Waals surface area contributed by atoms with Crippen LogP contribution in [0.4, 0.5) is 0 Å². The molecule has 0 radical (unpaired) electrons. The number of fused-ring (bicyclic) bond motifs is 3. The van der Waals surface area contributed by atoms with Crippen molar-refractivity contribution in [2.24, 2.45) is 5.92 Å². The predicted octanol–water partition coefficient (Wildman–Crippen LogP) is 3.56. The number of aromatic amines is 1. The van der Waals surface area contributed by atoms with Crippen LogP contribution < -0.4 is 5.56 Å². The van der Waals surface area contributed by atoms with E-state index in [1.54, 1.807) is 11.3 Å². The average Bonchev–Trinajstić information content (AvgIpc) is 3.00. The van der Waals surface area contributed by atoms with Crippen LogP contribution in [0.15, 0.2) is 9.95 Å². The molecule has 6 nitrogen and oxygen atoms in total. The van der Waals surface area contributed by atoms with Crippen LogP contribution in [0.5, 0.6) is 0 Å². The van der Waals surface area contributed by atoms with Gasteiger partial charge in [0.25, 0.3) is 5.56 Å². The fourth-order valence-electron chi connectivity index (χ4n) is 3.26. The van der Waals surface area contributed by atoms with Crippen LogP contribution in [0.3, 0.4) is 0 Å². The lowest BCUT2D eigenvalue weighted by Gasteiger charge is -2.17. The van der Waals surface area contributed by atoms with Crippen LogP contribution in [0.25, 0.3) is 10.2 Å². The zero-order valence-corrected chi connectivity index (χ0v) is 17.6. The summed E-state index contributed by atoms with van der Waals surface area (Å²) in [6.45, 7) is 7.29. The van der Waals surface area contributed by atoms with Gasteiger partial charge in [0.05, 0.1) is 12.0 Å². The number of ether oxygens (including phenoxy) is 2. The molecule has 0 aliphatic heterocycles. The number of H-pyrrole nitrogens is 1. The second-order valence-electron chi connectivity index (χ2n) is 6.78. The zero-order valence-electron chi connectivity index (χ0n) is 16.0. The van der Waals surface area contributed by atoms with Gasteiger partial charge in [-0.1, -0.05) is 25.6 Å². The molecule has 0 fully saturated rings. The number of hydrogen-bond donors (Lipinski definition) is 1. The molecule has 0 bridgehead atoms. The van der Waals surface area contributed by atoms with E-state index >= 15 is 0 Å². The molecule has 1 aliphatic carbocycles. The Morgan fingerprint density at radius 2 is 2.22 bits per heavy atom. The monoisotopic (exact) mass is 410 g/mol. The second kappa shape index (κ2) is 9.21. The van der Waals surface area contributed by atoms with E-state index < -0.39 is 5.25 Å². The standard InChI is InChI=1S/C19H26N2O4S2/c1-4-13(18(23)25-9-8-24-5-2)27-19-20-16(22)15-12-7-6-11(3)10-14(12)26-17(15)21-19/h11,13H,4-10H2,1-3H3,(H,20,21,22)/t11-,13+/m0/s1. The molecular formula is C19H26N2O4S2. The van der Waals surface area contributed by atoms with Crippen molar-refractivity contribution >= 4 is 39.3 Å². The summed E-state index contributed by atoms with van der Waals surface area (Å²) in [5, 5.41) is 0.813. The Morgan fingerprint density at radius 3 is 2.96 bits per heavy atom. The fraction of sp³-hybridized carbons (Fsp3) is 0.632. The quantitative estimate of drug-likeness (QED) is 0.310. The van der Waals surface area contributed by atoms with Crippen LogP contribution >= 0.6 is 23.1 Å². The molecule has 0 aromatic carbocycles. The maximum Gasteiger partial charge on any atom is 0.319 e. The van der Waals surface area contributed by atoms with E-state index in [1.807, 2.05) is 13.8 Å². The van der Waals surface area contributed by atoms with Crippen molar-refractivity contribution in [2.75, 3.05) is 19.8 Å². The van der Waals surface area contributed by atoms with Crippen molar-refractivity contribution < 1.29 is 14.3 Å². The highest BCUT2D eigenvalue weighted by Gasteiger charge is 2.25. The highest BCUT2D eigenvalue weighted by Crippen LogP contribution is 2.36. The van der Waals surface area contributed by atoms with E-state index in [0.29, 0.717) is 30.7 Å². The maximum absolute atomic E-state index is 12.7. The molecule has 2 aromatic heterocycles. The summed E-state index contributed by atoms with van der Waals surface area (Å²) in [7, 11) is 0. The number of thioether (sulfide) groups is 1. The van der Waals surface area contributed by atoms with Crippen LogP contribution in [0, 0.1) is 5.92 Å². The van der Waals surface area contributed by atoms with E-state index in [2.05, 4.69) is 16.9 Å². The Bertz CT molecular complexity index is 861. The van der Waals surface area contributed by atoms with Crippen molar-refractivity contribution in [2.45, 2.75) is 56.9 Å². The van der Waals surface area contributed by atoms with Gasteiger partial charge >= 0.3 is 5.97 Å². The van der Waals surface area contributed by atoms with Crippen molar-refractivity contribution in [1.82, 2.24) is 9.97 Å². The first kappa shape index (κ1) is 20.4. The number of esters is 1. The largest absolute Gasteiger partial charge is 0.462 e. The van der Waals surface area contributed by atoms with E-state index in [-0.39, 0.29) is 18.1 Å². The number of carbonyl (C=O) groups excluding carboxylic acids is 1. The van der Waals surface area contributed by atoms with Gasteiger partial charge in [-0.05, 0) is 44.1 Å². The molecule has 1 aliphatic rings. The Morgan fingerprint density at radius 1 is 1.41 bits per heavy atom. The molecule has 0 spiro atoms. The lowest BCUT2D eigenvalue weighted by atomic mass is 9.89. The second-order valence-corrected chi connectivity index (χ2v) is 9.06. The molecule has 0 amide bonds. The normalized spacial score (nSPS) is 17.7. The first-order chi connectivity index (χ1) is 13.0. The molecule has 0 unspecified atom stereocenters. The summed E-state index contributed by atoms with van der Waals surface area (Å²) in [6, 6.07) is 0. The third kappa shape index (κ3) is 4.73. The lowest BCUT2D eigenvalue weighted by molar-refractivity contribution is -0.144. The molecule has 2 atom stereocenters. The first-order valence-electron chi connectivity index (χ1n) is 9.49. The van der Waals surface area contributed by atoms with Crippen molar-refractivity contribution in [3.05, 3.63) is 20.8 Å². The Hall–Kier alpha value is -1.38. The van der Waals surface area contributed by atoms with Gasteiger partial charge in [0.1, 0.15) is 16.7 Å². The number of rotatable bonds is 8. The minimum atomic E-state index is -0.401. The third-order valence-electron chi connectivity index (χ3n) is 4.71. The lowest BCUT2D eigenvalue weighted by Crippen LogP contribution is -2.22. The SMILES string of the molecule is CCOCCOC(=O)[C@@H](CC)Sc1nc2sc3c(c2c(=O)[nH]1)CC[C@H](C)C3. The number of carbonyl (C=O) groups is 1. The van der Waals surface area contributed by atoms with Gasteiger partial charge < -0.3 is 14.5 Å². The first-order valence-corrected chi connectivity index (χ1v) is 11.2. The summed E-state index contributed by atoms with van der Waals surface area (Å²) >= 11 is 2.88. The molecule has 3 rings (SSSR count). The van der Waals surface area contributed by atoms with Crippen LogP contribution in [0.2, 0.25) is 0 Å². The summed E-state index contributed by atoms with van der Waals surface area (Å²) in [6.07, 6.45) is 3.66. The molecular weight excluding hydrogens is 384 g/mol. The Balaban J connectivity index is 1.76. The zero-order chi connectivity index (χ0) is 19.4. The fourth-order valence-corrected chi connectivity index (χ4v) is 5.59. The smallest absolute Gasteiger partial charge is 0.319 e. The van der Waals surface area contributed by atoms with E-state index in [4.69, 9.17) is 9.47 Å². The molecule has 2 aromatic rings. The molecule has 8 heteroatoms.